The van der Waals surface area contributed by atoms with Gasteiger partial charge in [-0.3, -0.25) is 5.41 Å². The fourth-order valence-corrected chi connectivity index (χ4v) is 2.60. The summed E-state index contributed by atoms with van der Waals surface area (Å²) in [6.45, 7) is 3.88. The third-order valence-corrected chi connectivity index (χ3v) is 3.51. The van der Waals surface area contributed by atoms with Crippen molar-refractivity contribution in [3.8, 4) is 0 Å². The van der Waals surface area contributed by atoms with Gasteiger partial charge in [0.2, 0.25) is 0 Å². The van der Waals surface area contributed by atoms with Crippen molar-refractivity contribution in [3.63, 3.8) is 0 Å². The molecule has 0 aromatic rings. The first-order valence-electron chi connectivity index (χ1n) is 6.05. The maximum absolute atomic E-state index is 8.36. The van der Waals surface area contributed by atoms with Crippen molar-refractivity contribution >= 4 is 17.6 Å². The second kappa shape index (κ2) is 5.04. The van der Waals surface area contributed by atoms with Crippen LogP contribution in [0.25, 0.3) is 0 Å². The topological polar surface area (TPSA) is 112 Å². The lowest BCUT2D eigenvalue weighted by Gasteiger charge is -2.38. The molecule has 0 aliphatic carbocycles. The molecule has 0 amide bonds. The number of hydrogen-bond donors (Lipinski definition) is 2. The maximum atomic E-state index is 8.36. The first-order chi connectivity index (χ1) is 9.02. The van der Waals surface area contributed by atoms with Crippen LogP contribution in [-0.4, -0.2) is 35.5 Å². The number of rotatable bonds is 2. The maximum Gasteiger partial charge on any atom is 0.192 e. The van der Waals surface area contributed by atoms with Crippen LogP contribution in [-0.2, 0) is 9.73 Å². The van der Waals surface area contributed by atoms with E-state index in [2.05, 4.69) is 25.4 Å². The normalized spacial score (nSPS) is 34.6. The van der Waals surface area contributed by atoms with Crippen molar-refractivity contribution in [2.75, 3.05) is 7.11 Å². The second-order valence-electron chi connectivity index (χ2n) is 4.98. The van der Waals surface area contributed by atoms with Gasteiger partial charge in [-0.05, 0) is 12.8 Å². The van der Waals surface area contributed by atoms with E-state index in [0.717, 1.165) is 0 Å². The van der Waals surface area contributed by atoms with Crippen LogP contribution < -0.4 is 0 Å². The summed E-state index contributed by atoms with van der Waals surface area (Å²) in [6, 6.07) is 0. The van der Waals surface area contributed by atoms with Gasteiger partial charge in [-0.25, -0.2) is 9.98 Å². The third kappa shape index (κ3) is 2.35. The number of aliphatic imine (C=N–C) groups is 2. The van der Waals surface area contributed by atoms with Gasteiger partial charge in [0.25, 0.3) is 0 Å². The monoisotopic (exact) mass is 267 g/mol. The van der Waals surface area contributed by atoms with Gasteiger partial charge in [-0.1, -0.05) is 13.8 Å². The largest absolute Gasteiger partial charge is 0.484 e. The number of nitrogens with one attached hydrogen (secondary N) is 1. The Morgan fingerprint density at radius 1 is 1.32 bits per heavy atom. The van der Waals surface area contributed by atoms with Crippen LogP contribution in [0.15, 0.2) is 20.4 Å². The van der Waals surface area contributed by atoms with Crippen LogP contribution in [0.4, 0.5) is 0 Å². The number of nitrogens with zero attached hydrogens (tertiary/aromatic N) is 4. The van der Waals surface area contributed by atoms with Crippen LogP contribution in [0.1, 0.15) is 26.7 Å². The van der Waals surface area contributed by atoms with Crippen molar-refractivity contribution in [1.82, 2.24) is 0 Å². The Morgan fingerprint density at radius 3 is 2.63 bits per heavy atom. The van der Waals surface area contributed by atoms with Gasteiger partial charge in [-0.15, -0.1) is 5.11 Å². The van der Waals surface area contributed by atoms with E-state index < -0.39 is 5.54 Å². The first kappa shape index (κ1) is 13.6. The van der Waals surface area contributed by atoms with Crippen LogP contribution in [0, 0.1) is 17.2 Å². The minimum absolute atomic E-state index is 0.0483. The number of amidine groups is 2. The van der Waals surface area contributed by atoms with E-state index in [4.69, 9.17) is 15.4 Å². The fraction of sp³-hybridized carbons (Fsp3) is 0.727. The zero-order valence-electron chi connectivity index (χ0n) is 11.1. The van der Waals surface area contributed by atoms with E-state index >= 15 is 0 Å². The minimum atomic E-state index is -0.756. The number of ether oxygens (including phenoxy) is 1. The molecule has 2 aliphatic rings. The van der Waals surface area contributed by atoms with Gasteiger partial charge in [0, 0.05) is 11.8 Å². The summed E-state index contributed by atoms with van der Waals surface area (Å²) in [6.07, 6.45) is 1.16. The Morgan fingerprint density at radius 2 is 2.00 bits per heavy atom. The Hall–Kier alpha value is -1.83. The zero-order valence-corrected chi connectivity index (χ0v) is 11.1. The van der Waals surface area contributed by atoms with Crippen molar-refractivity contribution in [2.24, 2.45) is 32.2 Å². The van der Waals surface area contributed by atoms with E-state index in [1.807, 2.05) is 13.8 Å². The van der Waals surface area contributed by atoms with Gasteiger partial charge < -0.3 is 4.74 Å². The standard InChI is InChI=1S/C11H17N5O3/c1-6-4-11(15-16-19-17)5-7(2)9(18-3)14-10(11)13-8(6)12/h6-7,12,17H,4-5H2,1-3H3/b12-8?,16-15-. The molecule has 0 radical (unpaired) electrons. The molecule has 0 saturated carbocycles. The Labute approximate surface area is 110 Å². The van der Waals surface area contributed by atoms with E-state index in [0.29, 0.717) is 24.6 Å². The second-order valence-corrected chi connectivity index (χ2v) is 4.98. The summed E-state index contributed by atoms with van der Waals surface area (Å²) in [5.74, 6) is 1.23. The van der Waals surface area contributed by atoms with Gasteiger partial charge in [0.15, 0.2) is 11.7 Å². The minimum Gasteiger partial charge on any atom is -0.484 e. The average molecular weight is 267 g/mol. The van der Waals surface area contributed by atoms with Crippen molar-refractivity contribution in [3.05, 3.63) is 0 Å². The summed E-state index contributed by atoms with van der Waals surface area (Å²) < 4.78 is 5.21. The molecule has 3 atom stereocenters. The molecule has 0 fully saturated rings. The SMILES string of the molecule is COC1=NC2=NC(=N)C(C)CC2(/N=N\OO)CC1C. The molecular formula is C11H17N5O3. The molecule has 2 N–H and O–H groups in total. The number of hydrogen-bond acceptors (Lipinski definition) is 7. The molecule has 2 aliphatic heterocycles. The summed E-state index contributed by atoms with van der Waals surface area (Å²) in [5.41, 5.74) is -0.756. The van der Waals surface area contributed by atoms with Crippen molar-refractivity contribution in [1.29, 1.82) is 5.41 Å². The fourth-order valence-electron chi connectivity index (χ4n) is 2.60. The van der Waals surface area contributed by atoms with E-state index in [1.165, 1.54) is 0 Å². The smallest absolute Gasteiger partial charge is 0.192 e. The highest BCUT2D eigenvalue weighted by Crippen LogP contribution is 2.38. The van der Waals surface area contributed by atoms with E-state index in [1.54, 1.807) is 7.11 Å². The Kier molecular flexibility index (Phi) is 3.61. The lowest BCUT2D eigenvalue weighted by Crippen LogP contribution is -2.48. The molecule has 0 spiro atoms. The Balaban J connectivity index is 2.48. The molecular weight excluding hydrogens is 250 g/mol. The molecule has 0 saturated heterocycles. The highest BCUT2D eigenvalue weighted by atomic mass is 17.2. The van der Waals surface area contributed by atoms with Crippen LogP contribution >= 0.6 is 0 Å². The molecule has 0 aromatic heterocycles. The van der Waals surface area contributed by atoms with Crippen LogP contribution in [0.5, 0.6) is 0 Å². The Bertz CT molecular complexity index is 473. The highest BCUT2D eigenvalue weighted by molar-refractivity contribution is 6.10. The average Bonchev–Trinajstić information content (AvgIpc) is 2.38. The van der Waals surface area contributed by atoms with Gasteiger partial charge >= 0.3 is 0 Å². The third-order valence-electron chi connectivity index (χ3n) is 3.51. The van der Waals surface area contributed by atoms with E-state index in [9.17, 15) is 0 Å². The molecule has 0 bridgehead atoms. The van der Waals surface area contributed by atoms with Gasteiger partial charge in [-0.2, -0.15) is 10.2 Å². The summed E-state index contributed by atoms with van der Waals surface area (Å²) in [4.78, 5) is 12.2. The lowest BCUT2D eigenvalue weighted by molar-refractivity contribution is -0.252. The molecule has 2 heterocycles. The van der Waals surface area contributed by atoms with Crippen molar-refractivity contribution in [2.45, 2.75) is 32.2 Å². The van der Waals surface area contributed by atoms with Crippen molar-refractivity contribution < 1.29 is 15.0 Å². The zero-order chi connectivity index (χ0) is 14.0. The predicted molar refractivity (Wildman–Crippen MR) is 68.5 cm³/mol. The molecule has 0 aromatic carbocycles. The predicted octanol–water partition coefficient (Wildman–Crippen LogP) is 2.08. The lowest BCUT2D eigenvalue weighted by atomic mass is 9.76. The molecule has 19 heavy (non-hydrogen) atoms. The van der Waals surface area contributed by atoms with E-state index in [-0.39, 0.29) is 17.7 Å². The molecule has 2 rings (SSSR count). The summed E-state index contributed by atoms with van der Waals surface area (Å²) >= 11 is 0. The van der Waals surface area contributed by atoms with Crippen LogP contribution in [0.2, 0.25) is 0 Å². The summed E-state index contributed by atoms with van der Waals surface area (Å²) in [5, 5.41) is 23.4. The van der Waals surface area contributed by atoms with Gasteiger partial charge in [0.1, 0.15) is 11.4 Å². The quantitative estimate of drug-likeness (QED) is 0.453. The van der Waals surface area contributed by atoms with Crippen LogP contribution in [0.3, 0.4) is 0 Å². The molecule has 3 unspecified atom stereocenters. The number of methoxy groups -OCH3 is 1. The highest BCUT2D eigenvalue weighted by Gasteiger charge is 2.47. The molecule has 8 heteroatoms. The number of fused-ring (bicyclic) bond motifs is 1. The molecule has 104 valence electrons. The summed E-state index contributed by atoms with van der Waals surface area (Å²) in [7, 11) is 1.55. The molecule has 8 nitrogen and oxygen atoms in total. The van der Waals surface area contributed by atoms with Gasteiger partial charge in [0.05, 0.1) is 12.4 Å². The first-order valence-corrected chi connectivity index (χ1v) is 6.05.